The lowest BCUT2D eigenvalue weighted by atomic mass is 10.1. The number of aryl methyl sites for hydroxylation is 1. The molecule has 3 rings (SSSR count). The topological polar surface area (TPSA) is 68.6 Å². The van der Waals surface area contributed by atoms with Gasteiger partial charge in [-0.2, -0.15) is 0 Å². The quantitative estimate of drug-likeness (QED) is 0.788. The Labute approximate surface area is 135 Å². The summed E-state index contributed by atoms with van der Waals surface area (Å²) in [6.07, 6.45) is 2.79. The highest BCUT2D eigenvalue weighted by Gasteiger charge is 2.33. The molecular weight excluding hydrogens is 316 g/mol. The van der Waals surface area contributed by atoms with Gasteiger partial charge in [0, 0.05) is 25.2 Å². The molecule has 0 amide bonds. The van der Waals surface area contributed by atoms with Crippen molar-refractivity contribution in [2.75, 3.05) is 18.5 Å². The van der Waals surface area contributed by atoms with E-state index >= 15 is 0 Å². The molecule has 1 aliphatic heterocycles. The van der Waals surface area contributed by atoms with Crippen molar-refractivity contribution in [1.29, 1.82) is 0 Å². The van der Waals surface area contributed by atoms with E-state index in [-0.39, 0.29) is 0 Å². The number of esters is 1. The highest BCUT2D eigenvalue weighted by atomic mass is 32.2. The average Bonchev–Trinajstić information content (AvgIpc) is 2.86. The summed E-state index contributed by atoms with van der Waals surface area (Å²) in [4.78, 5) is 12.0. The van der Waals surface area contributed by atoms with Gasteiger partial charge in [-0.3, -0.25) is 4.31 Å². The van der Waals surface area contributed by atoms with Crippen LogP contribution < -0.4 is 4.31 Å². The standard InChI is InChI=1S/C16H20N2O4S/c1-5-11-9-18-8-10(2)23(20,21)17(3)14-7-12(16(19)22-4)6-13(11)15(14)18/h6-7,9-10H,5,8H2,1-4H3. The zero-order valence-corrected chi connectivity index (χ0v) is 14.5. The fraction of sp³-hybridized carbons (Fsp3) is 0.438. The minimum atomic E-state index is -3.47. The molecule has 0 saturated carbocycles. The third kappa shape index (κ3) is 2.22. The Morgan fingerprint density at radius 1 is 1.39 bits per heavy atom. The first-order chi connectivity index (χ1) is 10.8. The number of nitrogens with zero attached hydrogens (tertiary/aromatic N) is 2. The van der Waals surface area contributed by atoms with Gasteiger partial charge in [0.25, 0.3) is 0 Å². The molecule has 1 aliphatic rings. The van der Waals surface area contributed by atoms with Crippen molar-refractivity contribution in [2.24, 2.45) is 0 Å². The number of carbonyl (C=O) groups excluding carboxylic acids is 1. The van der Waals surface area contributed by atoms with E-state index in [4.69, 9.17) is 4.74 Å². The van der Waals surface area contributed by atoms with Crippen molar-refractivity contribution in [3.63, 3.8) is 0 Å². The van der Waals surface area contributed by atoms with Crippen LogP contribution in [0.3, 0.4) is 0 Å². The number of carbonyl (C=O) groups is 1. The second-order valence-corrected chi connectivity index (χ2v) is 8.25. The van der Waals surface area contributed by atoms with Gasteiger partial charge in [0.05, 0.1) is 29.1 Å². The number of methoxy groups -OCH3 is 1. The van der Waals surface area contributed by atoms with Gasteiger partial charge in [-0.15, -0.1) is 0 Å². The lowest BCUT2D eigenvalue weighted by Gasteiger charge is -2.21. The first-order valence-corrected chi connectivity index (χ1v) is 9.03. The van der Waals surface area contributed by atoms with Crippen LogP contribution in [0.15, 0.2) is 18.3 Å². The Morgan fingerprint density at radius 2 is 2.09 bits per heavy atom. The molecule has 2 aromatic rings. The maximum absolute atomic E-state index is 12.6. The molecule has 0 fully saturated rings. The predicted molar refractivity (Wildman–Crippen MR) is 89.4 cm³/mol. The smallest absolute Gasteiger partial charge is 0.337 e. The van der Waals surface area contributed by atoms with Crippen LogP contribution in [0.25, 0.3) is 10.9 Å². The molecule has 0 N–H and O–H groups in total. The van der Waals surface area contributed by atoms with E-state index in [1.54, 1.807) is 19.1 Å². The second-order valence-electron chi connectivity index (χ2n) is 5.87. The van der Waals surface area contributed by atoms with Crippen molar-refractivity contribution in [3.8, 4) is 0 Å². The molecule has 2 heterocycles. The highest BCUT2D eigenvalue weighted by Crippen LogP contribution is 2.37. The maximum atomic E-state index is 12.6. The van der Waals surface area contributed by atoms with E-state index in [2.05, 4.69) is 0 Å². The molecule has 23 heavy (non-hydrogen) atoms. The summed E-state index contributed by atoms with van der Waals surface area (Å²) >= 11 is 0. The minimum Gasteiger partial charge on any atom is -0.465 e. The summed E-state index contributed by atoms with van der Waals surface area (Å²) in [7, 11) is -0.613. The lowest BCUT2D eigenvalue weighted by Crippen LogP contribution is -2.34. The highest BCUT2D eigenvalue weighted by molar-refractivity contribution is 7.93. The van der Waals surface area contributed by atoms with E-state index in [0.29, 0.717) is 17.8 Å². The fourth-order valence-corrected chi connectivity index (χ4v) is 4.47. The molecule has 124 valence electrons. The van der Waals surface area contributed by atoms with Gasteiger partial charge >= 0.3 is 5.97 Å². The van der Waals surface area contributed by atoms with Crippen molar-refractivity contribution in [2.45, 2.75) is 32.1 Å². The zero-order chi connectivity index (χ0) is 16.9. The average molecular weight is 336 g/mol. The first-order valence-electron chi connectivity index (χ1n) is 7.53. The molecule has 1 unspecified atom stereocenters. The summed E-state index contributed by atoms with van der Waals surface area (Å²) in [6, 6.07) is 3.39. The van der Waals surface area contributed by atoms with Crippen LogP contribution in [-0.2, 0) is 27.7 Å². The largest absolute Gasteiger partial charge is 0.465 e. The number of ether oxygens (including phenoxy) is 1. The fourth-order valence-electron chi connectivity index (χ4n) is 3.17. The predicted octanol–water partition coefficient (Wildman–Crippen LogP) is 2.16. The zero-order valence-electron chi connectivity index (χ0n) is 13.7. The summed E-state index contributed by atoms with van der Waals surface area (Å²) < 4.78 is 33.4. The molecule has 1 aromatic heterocycles. The van der Waals surface area contributed by atoms with E-state index in [9.17, 15) is 13.2 Å². The minimum absolute atomic E-state index is 0.360. The van der Waals surface area contributed by atoms with Crippen LogP contribution in [0.2, 0.25) is 0 Å². The van der Waals surface area contributed by atoms with Gasteiger partial charge in [-0.25, -0.2) is 13.2 Å². The van der Waals surface area contributed by atoms with Gasteiger partial charge in [0.15, 0.2) is 0 Å². The number of sulfonamides is 1. The second kappa shape index (κ2) is 5.26. The summed E-state index contributed by atoms with van der Waals surface area (Å²) in [5.41, 5.74) is 2.82. The van der Waals surface area contributed by atoms with Gasteiger partial charge < -0.3 is 9.30 Å². The number of aromatic nitrogens is 1. The summed E-state index contributed by atoms with van der Waals surface area (Å²) in [6.45, 7) is 4.14. The van der Waals surface area contributed by atoms with Gasteiger partial charge in [0.2, 0.25) is 10.0 Å². The molecule has 0 spiro atoms. The molecule has 0 radical (unpaired) electrons. The van der Waals surface area contributed by atoms with Crippen molar-refractivity contribution in [1.82, 2.24) is 4.57 Å². The van der Waals surface area contributed by atoms with Crippen molar-refractivity contribution < 1.29 is 17.9 Å². The SMILES string of the molecule is CCc1cn2c3c(cc(C(=O)OC)cc13)N(C)S(=O)(=O)C(C)C2. The number of hydrogen-bond acceptors (Lipinski definition) is 4. The Kier molecular flexibility index (Phi) is 3.63. The van der Waals surface area contributed by atoms with Gasteiger partial charge in [-0.1, -0.05) is 6.92 Å². The Hall–Kier alpha value is -2.02. The van der Waals surface area contributed by atoms with Crippen molar-refractivity contribution >= 4 is 32.6 Å². The molecule has 1 atom stereocenters. The van der Waals surface area contributed by atoms with Crippen LogP contribution in [0.4, 0.5) is 5.69 Å². The molecule has 0 saturated heterocycles. The Morgan fingerprint density at radius 3 is 2.70 bits per heavy atom. The number of rotatable bonds is 2. The number of hydrogen-bond donors (Lipinski definition) is 0. The Balaban J connectivity index is 2.41. The van der Waals surface area contributed by atoms with Gasteiger partial charge in [-0.05, 0) is 31.0 Å². The van der Waals surface area contributed by atoms with Crippen LogP contribution in [0.5, 0.6) is 0 Å². The van der Waals surface area contributed by atoms with Gasteiger partial charge in [0.1, 0.15) is 0 Å². The van der Waals surface area contributed by atoms with E-state index < -0.39 is 21.2 Å². The normalized spacial score (nSPS) is 19.7. The van der Waals surface area contributed by atoms with Crippen LogP contribution in [0.1, 0.15) is 29.8 Å². The summed E-state index contributed by atoms with van der Waals surface area (Å²) in [5.74, 6) is -0.471. The van der Waals surface area contributed by atoms with Crippen molar-refractivity contribution in [3.05, 3.63) is 29.5 Å². The molecule has 0 bridgehead atoms. The van der Waals surface area contributed by atoms with E-state index in [1.165, 1.54) is 18.5 Å². The molecular formula is C16H20N2O4S. The van der Waals surface area contributed by atoms with E-state index in [1.807, 2.05) is 17.7 Å². The lowest BCUT2D eigenvalue weighted by molar-refractivity contribution is 0.0601. The third-order valence-electron chi connectivity index (χ3n) is 4.52. The molecule has 7 heteroatoms. The maximum Gasteiger partial charge on any atom is 0.337 e. The van der Waals surface area contributed by atoms with Crippen LogP contribution in [-0.4, -0.2) is 38.4 Å². The van der Waals surface area contributed by atoms with Crippen LogP contribution in [0, 0.1) is 0 Å². The van der Waals surface area contributed by atoms with Crippen LogP contribution >= 0.6 is 0 Å². The molecule has 0 aliphatic carbocycles. The Bertz CT molecular complexity index is 898. The third-order valence-corrected chi connectivity index (χ3v) is 6.65. The van der Waals surface area contributed by atoms with E-state index in [0.717, 1.165) is 22.9 Å². The first kappa shape index (κ1) is 15.9. The monoisotopic (exact) mass is 336 g/mol. The number of anilines is 1. The molecule has 1 aromatic carbocycles. The summed E-state index contributed by atoms with van der Waals surface area (Å²) in [5, 5.41) is 0.364. The molecule has 6 nitrogen and oxygen atoms in total. The number of benzene rings is 1.